The summed E-state index contributed by atoms with van der Waals surface area (Å²) in [7, 11) is 1.57. The van der Waals surface area contributed by atoms with E-state index in [0.29, 0.717) is 13.2 Å². The third kappa shape index (κ3) is 13.9. The molecule has 2 fully saturated rings. The molecule has 6 aromatic carbocycles. The van der Waals surface area contributed by atoms with Gasteiger partial charge in [-0.25, -0.2) is 0 Å². The molecule has 354 valence electrons. The van der Waals surface area contributed by atoms with Crippen molar-refractivity contribution in [1.82, 2.24) is 0 Å². The van der Waals surface area contributed by atoms with Crippen LogP contribution in [0.4, 0.5) is 0 Å². The minimum absolute atomic E-state index is 0.0920. The molecule has 13 heteroatoms. The molecule has 2 heterocycles. The second-order valence-corrected chi connectivity index (χ2v) is 16.7. The van der Waals surface area contributed by atoms with Gasteiger partial charge in [-0.3, -0.25) is 0 Å². The van der Waals surface area contributed by atoms with Crippen LogP contribution in [0.25, 0.3) is 10.4 Å². The van der Waals surface area contributed by atoms with Crippen LogP contribution in [0.1, 0.15) is 33.4 Å². The van der Waals surface area contributed by atoms with Gasteiger partial charge in [-0.2, -0.15) is 0 Å². The summed E-state index contributed by atoms with van der Waals surface area (Å²) in [4.78, 5) is 3.36. The van der Waals surface area contributed by atoms with Crippen molar-refractivity contribution < 1.29 is 47.4 Å². The Morgan fingerprint density at radius 1 is 0.412 bits per heavy atom. The first-order chi connectivity index (χ1) is 33.6. The average molecular weight is 922 g/mol. The smallest absolute Gasteiger partial charge is 0.186 e. The zero-order chi connectivity index (χ0) is 46.6. The predicted octanol–water partition coefficient (Wildman–Crippen LogP) is 9.92. The fourth-order valence-corrected chi connectivity index (χ4v) is 8.40. The first-order valence-corrected chi connectivity index (χ1v) is 23.0. The lowest BCUT2D eigenvalue weighted by Crippen LogP contribution is -2.66. The highest BCUT2D eigenvalue weighted by molar-refractivity contribution is 5.18. The van der Waals surface area contributed by atoms with Crippen LogP contribution in [0.3, 0.4) is 0 Å². The normalized spacial score (nSPS) is 24.8. The number of benzene rings is 6. The van der Waals surface area contributed by atoms with Crippen LogP contribution in [-0.2, 0) is 87.0 Å². The minimum Gasteiger partial charge on any atom is -0.374 e. The molecule has 0 bridgehead atoms. The lowest BCUT2D eigenvalue weighted by Gasteiger charge is -2.49. The van der Waals surface area contributed by atoms with Crippen molar-refractivity contribution in [3.8, 4) is 0 Å². The average Bonchev–Trinajstić information content (AvgIpc) is 3.39. The van der Waals surface area contributed by atoms with Crippen molar-refractivity contribution in [3.05, 3.63) is 226 Å². The molecular weight excluding hydrogens is 863 g/mol. The monoisotopic (exact) mass is 921 g/mol. The van der Waals surface area contributed by atoms with Gasteiger partial charge in [0.2, 0.25) is 0 Å². The molecule has 0 aliphatic carbocycles. The lowest BCUT2D eigenvalue weighted by atomic mass is 9.95. The molecule has 13 nitrogen and oxygen atoms in total. The number of methoxy groups -OCH3 is 1. The highest BCUT2D eigenvalue weighted by atomic mass is 16.7. The summed E-state index contributed by atoms with van der Waals surface area (Å²) in [5.74, 6) is 0. The molecule has 0 spiro atoms. The van der Waals surface area contributed by atoms with Crippen LogP contribution in [0.15, 0.2) is 187 Å². The van der Waals surface area contributed by atoms with Gasteiger partial charge in [-0.05, 0) is 38.9 Å². The molecular formula is C55H59N3O10. The number of hydrogen-bond acceptors (Lipinski definition) is 11. The third-order valence-electron chi connectivity index (χ3n) is 11.8. The molecule has 6 aromatic rings. The highest BCUT2D eigenvalue weighted by Gasteiger charge is 2.54. The van der Waals surface area contributed by atoms with E-state index < -0.39 is 61.3 Å². The Morgan fingerprint density at radius 3 is 1.10 bits per heavy atom. The van der Waals surface area contributed by atoms with E-state index in [0.717, 1.165) is 33.4 Å². The van der Waals surface area contributed by atoms with Gasteiger partial charge in [-0.1, -0.05) is 187 Å². The second-order valence-electron chi connectivity index (χ2n) is 16.7. The molecule has 0 N–H and O–H groups in total. The van der Waals surface area contributed by atoms with E-state index in [1.807, 2.05) is 182 Å². The van der Waals surface area contributed by atoms with Gasteiger partial charge >= 0.3 is 0 Å². The van der Waals surface area contributed by atoms with Crippen LogP contribution >= 0.6 is 0 Å². The van der Waals surface area contributed by atoms with Gasteiger partial charge in [-0.15, -0.1) is 0 Å². The summed E-state index contributed by atoms with van der Waals surface area (Å²) in [5, 5.41) is 4.39. The summed E-state index contributed by atoms with van der Waals surface area (Å²) >= 11 is 0. The lowest BCUT2D eigenvalue weighted by molar-refractivity contribution is -0.359. The van der Waals surface area contributed by atoms with Crippen LogP contribution in [0.5, 0.6) is 0 Å². The standard InChI is InChI=1S/C55H59N3O10/c1-59-55-53(65-37-45-30-18-7-19-31-45)52(50(63-35-43-26-14-5-15-27-43)47(67-55)39-61-33-41-22-10-3-11-23-41)68-54-48(57-58-56)51(64-36-44-28-16-6-17-29-44)49(62-34-42-24-12-4-13-25-42)46(66-54)38-60-32-40-20-8-2-9-21-40/h2-31,46-55H,32-39H2,1H3/t46-,47-,48-,49-,50+,51-,52+,53-,54+,55+/m1/s1. The number of azide groups is 1. The summed E-state index contributed by atoms with van der Waals surface area (Å²) < 4.78 is 67.1. The zero-order valence-electron chi connectivity index (χ0n) is 38.2. The quantitative estimate of drug-likeness (QED) is 0.0327. The maximum absolute atomic E-state index is 10.3. The maximum atomic E-state index is 10.3. The number of ether oxygens (including phenoxy) is 10. The van der Waals surface area contributed by atoms with Crippen molar-refractivity contribution in [2.24, 2.45) is 5.11 Å². The Labute approximate surface area is 398 Å². The number of nitrogens with zero attached hydrogens (tertiary/aromatic N) is 3. The second kappa shape index (κ2) is 26.1. The van der Waals surface area contributed by atoms with E-state index in [4.69, 9.17) is 47.4 Å². The van der Waals surface area contributed by atoms with Crippen LogP contribution < -0.4 is 0 Å². The molecule has 0 radical (unpaired) electrons. The largest absolute Gasteiger partial charge is 0.374 e. The van der Waals surface area contributed by atoms with E-state index in [1.165, 1.54) is 0 Å². The molecule has 0 aromatic heterocycles. The van der Waals surface area contributed by atoms with Crippen molar-refractivity contribution in [2.45, 2.75) is 101 Å². The maximum Gasteiger partial charge on any atom is 0.186 e. The topological polar surface area (TPSA) is 141 Å². The fraction of sp³-hybridized carbons (Fsp3) is 0.345. The van der Waals surface area contributed by atoms with Gasteiger partial charge in [0.15, 0.2) is 12.6 Å². The van der Waals surface area contributed by atoms with Crippen LogP contribution in [0.2, 0.25) is 0 Å². The molecule has 8 rings (SSSR count). The first kappa shape index (κ1) is 48.7. The van der Waals surface area contributed by atoms with Crippen molar-refractivity contribution in [2.75, 3.05) is 20.3 Å². The SMILES string of the molecule is CO[C@H]1O[C@H](COCc2ccccc2)[C@H](OCc2ccccc2)[C@H](O[C@@H]2O[C@H](COCc3ccccc3)[C@@H](OCc3ccccc3)[C@H](OCc3ccccc3)[C@H]2N=[N+]=[N-])[C@H]1OCc1ccccc1. The fourth-order valence-electron chi connectivity index (χ4n) is 8.40. The van der Waals surface area contributed by atoms with Gasteiger partial charge in [0.05, 0.1) is 52.9 Å². The molecule has 2 aliphatic rings. The van der Waals surface area contributed by atoms with E-state index in [2.05, 4.69) is 10.0 Å². The van der Waals surface area contributed by atoms with Crippen molar-refractivity contribution >= 4 is 0 Å². The number of hydrogen-bond donors (Lipinski definition) is 0. The van der Waals surface area contributed by atoms with E-state index in [9.17, 15) is 5.53 Å². The van der Waals surface area contributed by atoms with E-state index in [-0.39, 0.29) is 39.6 Å². The minimum atomic E-state index is -1.23. The van der Waals surface area contributed by atoms with Gasteiger partial charge in [0, 0.05) is 12.0 Å². The van der Waals surface area contributed by atoms with Gasteiger partial charge in [0.1, 0.15) is 48.8 Å². The molecule has 68 heavy (non-hydrogen) atoms. The van der Waals surface area contributed by atoms with Crippen LogP contribution in [0, 0.1) is 0 Å². The molecule has 2 saturated heterocycles. The Kier molecular flexibility index (Phi) is 18.7. The van der Waals surface area contributed by atoms with Gasteiger partial charge < -0.3 is 47.4 Å². The van der Waals surface area contributed by atoms with Gasteiger partial charge in [0.25, 0.3) is 0 Å². The first-order valence-electron chi connectivity index (χ1n) is 23.0. The van der Waals surface area contributed by atoms with E-state index >= 15 is 0 Å². The highest BCUT2D eigenvalue weighted by Crippen LogP contribution is 2.37. The Hall–Kier alpha value is -5.77. The summed E-state index contributed by atoms with van der Waals surface area (Å²) in [5.41, 5.74) is 16.1. The molecule has 0 saturated carbocycles. The molecule has 2 aliphatic heterocycles. The molecule has 0 amide bonds. The summed E-state index contributed by atoms with van der Waals surface area (Å²) in [6.45, 7) is 1.71. The Balaban J connectivity index is 1.16. The van der Waals surface area contributed by atoms with E-state index in [1.54, 1.807) is 7.11 Å². The number of rotatable bonds is 24. The summed E-state index contributed by atoms with van der Waals surface area (Å²) in [6.07, 6.45) is -7.97. The predicted molar refractivity (Wildman–Crippen MR) is 254 cm³/mol. The zero-order valence-corrected chi connectivity index (χ0v) is 38.2. The van der Waals surface area contributed by atoms with Crippen molar-refractivity contribution in [1.29, 1.82) is 0 Å². The Bertz CT molecular complexity index is 2370. The Morgan fingerprint density at radius 2 is 0.735 bits per heavy atom. The summed E-state index contributed by atoms with van der Waals surface area (Å²) in [6, 6.07) is 58.1. The third-order valence-corrected chi connectivity index (χ3v) is 11.8. The van der Waals surface area contributed by atoms with Crippen LogP contribution in [-0.4, -0.2) is 81.7 Å². The molecule has 0 unspecified atom stereocenters. The van der Waals surface area contributed by atoms with Crippen molar-refractivity contribution in [3.63, 3.8) is 0 Å². The molecule has 10 atom stereocenters.